The molecule has 4 N–H and O–H groups in total. The fraction of sp³-hybridized carbons (Fsp3) is 0.167. The van der Waals surface area contributed by atoms with E-state index in [9.17, 15) is 0 Å². The van der Waals surface area contributed by atoms with Crippen LogP contribution in [0, 0.1) is 6.92 Å². The van der Waals surface area contributed by atoms with Gasteiger partial charge in [-0.15, -0.1) is 0 Å². The molecule has 3 heterocycles. The summed E-state index contributed by atoms with van der Waals surface area (Å²) < 4.78 is 1.91. The minimum atomic E-state index is 0.540. The zero-order valence-electron chi connectivity index (χ0n) is 14.2. The van der Waals surface area contributed by atoms with Crippen LogP contribution >= 0.6 is 11.6 Å². The molecule has 0 fully saturated rings. The largest absolute Gasteiger partial charge is 0.369 e. The van der Waals surface area contributed by atoms with Gasteiger partial charge in [-0.2, -0.15) is 0 Å². The summed E-state index contributed by atoms with van der Waals surface area (Å²) in [6, 6.07) is 9.58. The summed E-state index contributed by atoms with van der Waals surface area (Å²) in [5.74, 6) is 1.43. The van der Waals surface area contributed by atoms with Gasteiger partial charge in [-0.3, -0.25) is 4.40 Å². The third kappa shape index (κ3) is 2.91. The lowest BCUT2D eigenvalue weighted by atomic mass is 10.2. The van der Waals surface area contributed by atoms with Gasteiger partial charge in [-0.05, 0) is 30.7 Å². The molecule has 0 saturated heterocycles. The van der Waals surface area contributed by atoms with Gasteiger partial charge in [0.05, 0.1) is 16.9 Å². The Hall–Kier alpha value is -2.90. The van der Waals surface area contributed by atoms with Crippen LogP contribution in [0.3, 0.4) is 0 Å². The Labute approximate surface area is 155 Å². The van der Waals surface area contributed by atoms with Crippen molar-refractivity contribution in [1.29, 1.82) is 0 Å². The van der Waals surface area contributed by atoms with Crippen molar-refractivity contribution in [3.05, 3.63) is 53.4 Å². The van der Waals surface area contributed by atoms with E-state index < -0.39 is 0 Å². The van der Waals surface area contributed by atoms with Crippen molar-refractivity contribution < 1.29 is 0 Å². The van der Waals surface area contributed by atoms with E-state index in [4.69, 9.17) is 22.3 Å². The quantitative estimate of drug-likeness (QED) is 0.501. The second-order valence-electron chi connectivity index (χ2n) is 5.92. The van der Waals surface area contributed by atoms with Crippen LogP contribution in [0.4, 0.5) is 17.3 Å². The average Bonchev–Trinajstić information content (AvgIpc) is 3.13. The lowest BCUT2D eigenvalue weighted by molar-refractivity contribution is 1.01. The number of hydrogen-bond donors (Lipinski definition) is 3. The molecule has 0 radical (unpaired) electrons. The van der Waals surface area contributed by atoms with Gasteiger partial charge in [0.1, 0.15) is 23.2 Å². The molecule has 7 nitrogen and oxygen atoms in total. The molecule has 0 aliphatic heterocycles. The third-order valence-electron chi connectivity index (χ3n) is 4.11. The molecule has 0 bridgehead atoms. The number of para-hydroxylation sites is 1. The number of benzene rings is 1. The molecule has 26 heavy (non-hydrogen) atoms. The zero-order chi connectivity index (χ0) is 18.1. The van der Waals surface area contributed by atoms with Gasteiger partial charge in [0.15, 0.2) is 11.5 Å². The maximum absolute atomic E-state index is 6.35. The van der Waals surface area contributed by atoms with Gasteiger partial charge >= 0.3 is 0 Å². The molecule has 0 unspecified atom stereocenters. The van der Waals surface area contributed by atoms with E-state index >= 15 is 0 Å². The van der Waals surface area contributed by atoms with Crippen LogP contribution in [-0.2, 0) is 0 Å². The Morgan fingerprint density at radius 2 is 2.08 bits per heavy atom. The van der Waals surface area contributed by atoms with Gasteiger partial charge in [0, 0.05) is 13.1 Å². The first-order valence-electron chi connectivity index (χ1n) is 8.26. The van der Waals surface area contributed by atoms with Crippen molar-refractivity contribution in [2.24, 2.45) is 5.73 Å². The fourth-order valence-corrected chi connectivity index (χ4v) is 3.09. The van der Waals surface area contributed by atoms with Crippen molar-refractivity contribution in [2.45, 2.75) is 6.92 Å². The predicted octanol–water partition coefficient (Wildman–Crippen LogP) is 3.35. The topological polar surface area (TPSA) is 93.2 Å². The van der Waals surface area contributed by atoms with Crippen LogP contribution in [0.25, 0.3) is 16.7 Å². The van der Waals surface area contributed by atoms with E-state index in [0.717, 1.165) is 33.7 Å². The molecule has 4 aromatic rings. The average molecular weight is 368 g/mol. The van der Waals surface area contributed by atoms with E-state index in [-0.39, 0.29) is 0 Å². The van der Waals surface area contributed by atoms with Crippen LogP contribution in [0.2, 0.25) is 5.02 Å². The first-order chi connectivity index (χ1) is 12.7. The minimum Gasteiger partial charge on any atom is -0.369 e. The second-order valence-corrected chi connectivity index (χ2v) is 6.33. The number of aromatic nitrogens is 4. The summed E-state index contributed by atoms with van der Waals surface area (Å²) in [6.07, 6.45) is 3.48. The van der Waals surface area contributed by atoms with Crippen LogP contribution in [0.15, 0.2) is 42.9 Å². The van der Waals surface area contributed by atoms with Crippen molar-refractivity contribution in [1.82, 2.24) is 19.4 Å². The van der Waals surface area contributed by atoms with Gasteiger partial charge < -0.3 is 16.4 Å². The Morgan fingerprint density at radius 1 is 1.19 bits per heavy atom. The normalized spacial score (nSPS) is 11.2. The second kappa shape index (κ2) is 6.78. The number of nitrogens with zero attached hydrogens (tertiary/aromatic N) is 4. The summed E-state index contributed by atoms with van der Waals surface area (Å²) >= 11 is 6.35. The van der Waals surface area contributed by atoms with Gasteiger partial charge in [-0.1, -0.05) is 23.7 Å². The van der Waals surface area contributed by atoms with Gasteiger partial charge in [0.2, 0.25) is 0 Å². The number of hydrogen-bond acceptors (Lipinski definition) is 6. The first-order valence-corrected chi connectivity index (χ1v) is 8.64. The summed E-state index contributed by atoms with van der Waals surface area (Å²) in [6.45, 7) is 3.20. The first kappa shape index (κ1) is 16.6. The van der Waals surface area contributed by atoms with Crippen molar-refractivity contribution >= 4 is 45.6 Å². The summed E-state index contributed by atoms with van der Waals surface area (Å²) in [7, 11) is 0. The Kier molecular flexibility index (Phi) is 4.32. The molecule has 0 aliphatic rings. The highest BCUT2D eigenvalue weighted by Crippen LogP contribution is 2.30. The lowest BCUT2D eigenvalue weighted by Crippen LogP contribution is -2.14. The van der Waals surface area contributed by atoms with Crippen molar-refractivity contribution in [2.75, 3.05) is 23.7 Å². The molecule has 0 saturated carbocycles. The number of halogens is 1. The number of nitrogens with two attached hydrogens (primary N) is 1. The summed E-state index contributed by atoms with van der Waals surface area (Å²) in [5, 5.41) is 7.17. The number of nitrogens with one attached hydrogen (secondary N) is 2. The summed E-state index contributed by atoms with van der Waals surface area (Å²) in [4.78, 5) is 13.6. The molecular formula is C18H18ClN7. The van der Waals surface area contributed by atoms with E-state index in [0.29, 0.717) is 23.9 Å². The lowest BCUT2D eigenvalue weighted by Gasteiger charge is -2.13. The molecule has 8 heteroatoms. The number of imidazole rings is 1. The monoisotopic (exact) mass is 367 g/mol. The number of fused-ring (bicyclic) bond motifs is 3. The molecule has 0 spiro atoms. The SMILES string of the molecule is Cc1cccc(Cl)c1Nc1nc2ccc(NCCN)nc2n2cncc12. The van der Waals surface area contributed by atoms with E-state index in [1.807, 2.05) is 41.7 Å². The maximum atomic E-state index is 6.35. The minimum absolute atomic E-state index is 0.540. The molecule has 0 atom stereocenters. The smallest absolute Gasteiger partial charge is 0.166 e. The Bertz CT molecular complexity index is 1070. The molecule has 0 aliphatic carbocycles. The maximum Gasteiger partial charge on any atom is 0.166 e. The molecule has 132 valence electrons. The highest BCUT2D eigenvalue weighted by Gasteiger charge is 2.13. The van der Waals surface area contributed by atoms with E-state index in [1.165, 1.54) is 0 Å². The number of pyridine rings is 1. The number of aryl methyl sites for hydroxylation is 1. The molecule has 0 amide bonds. The molecule has 1 aromatic carbocycles. The van der Waals surface area contributed by atoms with Crippen LogP contribution in [0.1, 0.15) is 5.56 Å². The fourth-order valence-electron chi connectivity index (χ4n) is 2.82. The predicted molar refractivity (Wildman–Crippen MR) is 105 cm³/mol. The van der Waals surface area contributed by atoms with Gasteiger partial charge in [0.25, 0.3) is 0 Å². The van der Waals surface area contributed by atoms with Crippen LogP contribution in [0.5, 0.6) is 0 Å². The van der Waals surface area contributed by atoms with E-state index in [2.05, 4.69) is 20.6 Å². The van der Waals surface area contributed by atoms with Crippen molar-refractivity contribution in [3.63, 3.8) is 0 Å². The standard InChI is InChI=1S/C18H18ClN7/c1-11-3-2-4-12(19)16(11)25-17-14-9-21-10-26(14)18-13(23-17)5-6-15(24-18)22-8-7-20/h2-6,9-10H,7-8,20H2,1H3,(H,22,24)(H,23,25). The molecule has 4 rings (SSSR count). The molecule has 3 aromatic heterocycles. The van der Waals surface area contributed by atoms with Crippen LogP contribution in [-0.4, -0.2) is 32.4 Å². The molecular weight excluding hydrogens is 350 g/mol. The van der Waals surface area contributed by atoms with E-state index in [1.54, 1.807) is 12.5 Å². The van der Waals surface area contributed by atoms with Crippen LogP contribution < -0.4 is 16.4 Å². The Balaban J connectivity index is 1.84. The Morgan fingerprint density at radius 3 is 2.88 bits per heavy atom. The zero-order valence-corrected chi connectivity index (χ0v) is 15.0. The highest BCUT2D eigenvalue weighted by atomic mass is 35.5. The highest BCUT2D eigenvalue weighted by molar-refractivity contribution is 6.33. The third-order valence-corrected chi connectivity index (χ3v) is 4.43. The number of rotatable bonds is 5. The van der Waals surface area contributed by atoms with Crippen molar-refractivity contribution in [3.8, 4) is 0 Å². The number of anilines is 3. The summed E-state index contributed by atoms with van der Waals surface area (Å²) in [5.41, 5.74) is 9.71. The van der Waals surface area contributed by atoms with Gasteiger partial charge in [-0.25, -0.2) is 15.0 Å².